The topological polar surface area (TPSA) is 80.2 Å². The summed E-state index contributed by atoms with van der Waals surface area (Å²) in [5.41, 5.74) is 1.87. The van der Waals surface area contributed by atoms with Crippen LogP contribution < -0.4 is 19.5 Å². The Hall–Kier alpha value is -2.31. The predicted molar refractivity (Wildman–Crippen MR) is 103 cm³/mol. The first-order chi connectivity index (χ1) is 12.0. The molecule has 0 saturated carbocycles. The normalized spacial score (nSPS) is 11.4. The molecule has 1 atom stereocenters. The highest BCUT2D eigenvalue weighted by atomic mass is 35.5. The van der Waals surface area contributed by atoms with E-state index in [4.69, 9.17) is 14.2 Å². The van der Waals surface area contributed by atoms with Crippen LogP contribution in [0, 0.1) is 0 Å². The Morgan fingerprint density at radius 1 is 0.923 bits per heavy atom. The van der Waals surface area contributed by atoms with Gasteiger partial charge in [0.05, 0.1) is 21.3 Å². The van der Waals surface area contributed by atoms with Crippen LogP contribution in [0.1, 0.15) is 24.1 Å². The molecule has 7 heteroatoms. The molecule has 0 heterocycles. The molecule has 0 spiro atoms. The summed E-state index contributed by atoms with van der Waals surface area (Å²) in [5.74, 6) is 1.48. The fraction of sp³-hybridized carbons (Fsp3) is 0.368. The first-order valence-corrected chi connectivity index (χ1v) is 8.08. The average Bonchev–Trinajstić information content (AvgIpc) is 2.62. The number of benzene rings is 2. The van der Waals surface area contributed by atoms with E-state index in [2.05, 4.69) is 5.32 Å². The van der Waals surface area contributed by atoms with Crippen molar-refractivity contribution in [2.24, 2.45) is 0 Å². The van der Waals surface area contributed by atoms with E-state index in [1.54, 1.807) is 33.5 Å². The van der Waals surface area contributed by atoms with Crippen molar-refractivity contribution in [1.82, 2.24) is 5.32 Å². The van der Waals surface area contributed by atoms with E-state index in [0.29, 0.717) is 23.7 Å². The highest BCUT2D eigenvalue weighted by molar-refractivity contribution is 5.85. The van der Waals surface area contributed by atoms with Gasteiger partial charge < -0.3 is 29.7 Å². The first kappa shape index (κ1) is 21.7. The van der Waals surface area contributed by atoms with Gasteiger partial charge in [-0.1, -0.05) is 13.0 Å². The zero-order chi connectivity index (χ0) is 18.4. The molecular formula is C19H26ClNO5. The number of rotatable bonds is 8. The lowest BCUT2D eigenvalue weighted by atomic mass is 9.97. The van der Waals surface area contributed by atoms with Gasteiger partial charge in [-0.25, -0.2) is 0 Å². The monoisotopic (exact) mass is 383 g/mol. The van der Waals surface area contributed by atoms with Gasteiger partial charge in [0.2, 0.25) is 5.75 Å². The van der Waals surface area contributed by atoms with Crippen LogP contribution in [0.5, 0.6) is 28.7 Å². The van der Waals surface area contributed by atoms with Gasteiger partial charge in [-0.15, -0.1) is 12.4 Å². The van der Waals surface area contributed by atoms with E-state index in [-0.39, 0.29) is 29.9 Å². The van der Waals surface area contributed by atoms with Gasteiger partial charge in [0, 0.05) is 6.04 Å². The molecule has 2 aromatic rings. The van der Waals surface area contributed by atoms with Crippen molar-refractivity contribution >= 4 is 12.4 Å². The molecule has 0 aliphatic rings. The molecule has 0 bridgehead atoms. The third-order valence-corrected chi connectivity index (χ3v) is 4.02. The number of hydrogen-bond acceptors (Lipinski definition) is 6. The predicted octanol–water partition coefficient (Wildman–Crippen LogP) is 3.44. The Labute approximate surface area is 160 Å². The second-order valence-corrected chi connectivity index (χ2v) is 5.60. The molecule has 2 aromatic carbocycles. The quantitative estimate of drug-likeness (QED) is 0.606. The number of aromatic hydroxyl groups is 2. The summed E-state index contributed by atoms with van der Waals surface area (Å²) in [4.78, 5) is 0. The van der Waals surface area contributed by atoms with Gasteiger partial charge in [0.15, 0.2) is 23.0 Å². The van der Waals surface area contributed by atoms with Gasteiger partial charge in [0.25, 0.3) is 0 Å². The van der Waals surface area contributed by atoms with Gasteiger partial charge >= 0.3 is 0 Å². The van der Waals surface area contributed by atoms with E-state index < -0.39 is 0 Å². The average molecular weight is 384 g/mol. The molecule has 0 aromatic heterocycles. The maximum Gasteiger partial charge on any atom is 0.203 e. The van der Waals surface area contributed by atoms with E-state index in [0.717, 1.165) is 17.7 Å². The van der Waals surface area contributed by atoms with Crippen LogP contribution in [0.25, 0.3) is 0 Å². The second kappa shape index (κ2) is 9.99. The Bertz CT molecular complexity index is 698. The number of likely N-dealkylation sites (N-methyl/N-ethyl adjacent to an activating group) is 1. The van der Waals surface area contributed by atoms with Crippen LogP contribution in [-0.2, 0) is 6.42 Å². The molecule has 26 heavy (non-hydrogen) atoms. The van der Waals surface area contributed by atoms with Crippen LogP contribution in [0.15, 0.2) is 30.3 Å². The minimum absolute atomic E-state index is 0. The summed E-state index contributed by atoms with van der Waals surface area (Å²) < 4.78 is 16.2. The van der Waals surface area contributed by atoms with Gasteiger partial charge in [-0.3, -0.25) is 0 Å². The number of methoxy groups -OCH3 is 3. The summed E-state index contributed by atoms with van der Waals surface area (Å²) in [6, 6.07) is 8.63. The van der Waals surface area contributed by atoms with Crippen molar-refractivity contribution in [3.05, 3.63) is 41.5 Å². The van der Waals surface area contributed by atoms with Crippen LogP contribution in [0.4, 0.5) is 0 Å². The van der Waals surface area contributed by atoms with E-state index >= 15 is 0 Å². The minimum atomic E-state index is -0.134. The summed E-state index contributed by atoms with van der Waals surface area (Å²) in [6.45, 7) is 2.78. The third-order valence-electron chi connectivity index (χ3n) is 4.02. The van der Waals surface area contributed by atoms with Crippen LogP contribution >= 0.6 is 12.4 Å². The molecular weight excluding hydrogens is 358 g/mol. The maximum absolute atomic E-state index is 9.78. The van der Waals surface area contributed by atoms with E-state index in [1.807, 2.05) is 19.1 Å². The van der Waals surface area contributed by atoms with E-state index in [1.165, 1.54) is 6.07 Å². The Morgan fingerprint density at radius 3 is 2.00 bits per heavy atom. The highest BCUT2D eigenvalue weighted by Crippen LogP contribution is 2.39. The molecule has 0 amide bonds. The lowest BCUT2D eigenvalue weighted by Gasteiger charge is -2.20. The smallest absolute Gasteiger partial charge is 0.203 e. The zero-order valence-corrected chi connectivity index (χ0v) is 16.2. The summed E-state index contributed by atoms with van der Waals surface area (Å²) in [6.07, 6.45) is 0.648. The number of halogens is 1. The molecule has 0 saturated heterocycles. The third kappa shape index (κ3) is 4.86. The fourth-order valence-electron chi connectivity index (χ4n) is 2.80. The van der Waals surface area contributed by atoms with Crippen molar-refractivity contribution in [2.75, 3.05) is 27.9 Å². The molecule has 6 nitrogen and oxygen atoms in total. The van der Waals surface area contributed by atoms with Crippen molar-refractivity contribution in [3.8, 4) is 28.7 Å². The number of phenols is 2. The molecule has 0 radical (unpaired) electrons. The highest BCUT2D eigenvalue weighted by Gasteiger charge is 2.18. The minimum Gasteiger partial charge on any atom is -0.504 e. The fourth-order valence-corrected chi connectivity index (χ4v) is 2.80. The van der Waals surface area contributed by atoms with Crippen LogP contribution in [0.2, 0.25) is 0 Å². The SMILES string of the molecule is CCNC(Cc1cc(OC)c(OC)c(OC)c1)c1ccc(O)c(O)c1.Cl. The van der Waals surface area contributed by atoms with Crippen LogP contribution in [-0.4, -0.2) is 38.1 Å². The van der Waals surface area contributed by atoms with Gasteiger partial charge in [0.1, 0.15) is 0 Å². The number of nitrogens with one attached hydrogen (secondary N) is 1. The van der Waals surface area contributed by atoms with Crippen molar-refractivity contribution in [2.45, 2.75) is 19.4 Å². The molecule has 2 rings (SSSR count). The van der Waals surface area contributed by atoms with Gasteiger partial charge in [-0.05, 0) is 48.4 Å². The molecule has 144 valence electrons. The second-order valence-electron chi connectivity index (χ2n) is 5.60. The zero-order valence-electron chi connectivity index (χ0n) is 15.4. The largest absolute Gasteiger partial charge is 0.504 e. The maximum atomic E-state index is 9.78. The molecule has 3 N–H and O–H groups in total. The molecule has 1 unspecified atom stereocenters. The summed E-state index contributed by atoms with van der Waals surface area (Å²) >= 11 is 0. The lowest BCUT2D eigenvalue weighted by Crippen LogP contribution is -2.23. The number of phenolic OH excluding ortho intramolecular Hbond substituents is 2. The summed E-state index contributed by atoms with van der Waals surface area (Å²) in [5, 5.41) is 22.7. The van der Waals surface area contributed by atoms with Crippen molar-refractivity contribution in [3.63, 3.8) is 0 Å². The lowest BCUT2D eigenvalue weighted by molar-refractivity contribution is 0.323. The molecule has 0 fully saturated rings. The van der Waals surface area contributed by atoms with Crippen LogP contribution in [0.3, 0.4) is 0 Å². The van der Waals surface area contributed by atoms with E-state index in [9.17, 15) is 10.2 Å². The van der Waals surface area contributed by atoms with Crippen molar-refractivity contribution in [1.29, 1.82) is 0 Å². The molecule has 0 aliphatic carbocycles. The number of ether oxygens (including phenoxy) is 3. The Balaban J connectivity index is 0.00000338. The van der Waals surface area contributed by atoms with Crippen molar-refractivity contribution < 1.29 is 24.4 Å². The number of hydrogen-bond donors (Lipinski definition) is 3. The van der Waals surface area contributed by atoms with Gasteiger partial charge in [-0.2, -0.15) is 0 Å². The molecule has 0 aliphatic heterocycles. The standard InChI is InChI=1S/C19H25NO5.ClH/c1-5-20-14(13-6-7-15(21)16(22)11-13)8-12-9-17(23-2)19(25-4)18(10-12)24-3;/h6-7,9-11,14,20-22H,5,8H2,1-4H3;1H. The first-order valence-electron chi connectivity index (χ1n) is 8.08. The Morgan fingerprint density at radius 2 is 1.54 bits per heavy atom. The summed E-state index contributed by atoms with van der Waals surface area (Å²) in [7, 11) is 4.74. The Kier molecular flexibility index (Phi) is 8.35.